The van der Waals surface area contributed by atoms with Crippen molar-refractivity contribution >= 4 is 17.4 Å². The molecule has 0 bridgehead atoms. The smallest absolute Gasteiger partial charge is 0.358 e. The van der Waals surface area contributed by atoms with Gasteiger partial charge in [-0.3, -0.25) is 5.43 Å². The van der Waals surface area contributed by atoms with E-state index in [2.05, 4.69) is 20.3 Å². The van der Waals surface area contributed by atoms with Gasteiger partial charge in [0, 0.05) is 0 Å². The van der Waals surface area contributed by atoms with Crippen molar-refractivity contribution in [2.45, 2.75) is 32.9 Å². The number of carbonyl (C=O) groups excluding carboxylic acids is 1. The Labute approximate surface area is 83.2 Å². The van der Waals surface area contributed by atoms with Crippen molar-refractivity contribution in [2.75, 3.05) is 7.11 Å². The lowest BCUT2D eigenvalue weighted by Crippen LogP contribution is -2.44. The van der Waals surface area contributed by atoms with E-state index in [4.69, 9.17) is 0 Å². The quantitative estimate of drug-likeness (QED) is 0.663. The Bertz CT molecular complexity index is 309. The predicted octanol–water partition coefficient (Wildman–Crippen LogP) is 0.706. The number of hydrogen-bond donors (Lipinski definition) is 1. The summed E-state index contributed by atoms with van der Waals surface area (Å²) in [6.07, 6.45) is 0.754. The molecule has 0 aliphatic carbocycles. The molecule has 14 heavy (non-hydrogen) atoms. The summed E-state index contributed by atoms with van der Waals surface area (Å²) >= 11 is 0. The van der Waals surface area contributed by atoms with E-state index in [1.807, 2.05) is 13.8 Å². The number of hydrogen-bond acceptors (Lipinski definition) is 5. The molecule has 0 saturated carbocycles. The molecule has 0 saturated heterocycles. The minimum atomic E-state index is -0.497. The lowest BCUT2D eigenvalue weighted by molar-refractivity contribution is -0.132. The second-order valence-corrected chi connectivity index (χ2v) is 3.39. The van der Waals surface area contributed by atoms with Gasteiger partial charge in [0.1, 0.15) is 5.66 Å². The standard InChI is InChI=1S/C9H15N3O2/c1-5-9(3)10-7(8(13)14-4)6(2)11-12-9/h12H,5H2,1-4H3. The van der Waals surface area contributed by atoms with Crippen molar-refractivity contribution in [1.82, 2.24) is 5.43 Å². The number of ether oxygens (including phenoxy) is 1. The highest BCUT2D eigenvalue weighted by atomic mass is 16.5. The normalized spacial score (nSPS) is 26.0. The van der Waals surface area contributed by atoms with Crippen molar-refractivity contribution in [3.8, 4) is 0 Å². The highest BCUT2D eigenvalue weighted by Crippen LogP contribution is 2.15. The van der Waals surface area contributed by atoms with Gasteiger partial charge in [-0.25, -0.2) is 9.79 Å². The maximum Gasteiger partial charge on any atom is 0.358 e. The van der Waals surface area contributed by atoms with E-state index >= 15 is 0 Å². The van der Waals surface area contributed by atoms with Crippen LogP contribution >= 0.6 is 0 Å². The average molecular weight is 197 g/mol. The van der Waals surface area contributed by atoms with E-state index in [9.17, 15) is 4.79 Å². The molecule has 0 fully saturated rings. The fraction of sp³-hybridized carbons (Fsp3) is 0.667. The number of nitrogens with zero attached hydrogens (tertiary/aromatic N) is 2. The predicted molar refractivity (Wildman–Crippen MR) is 54.4 cm³/mol. The first-order valence-corrected chi connectivity index (χ1v) is 4.52. The second kappa shape index (κ2) is 3.77. The molecule has 0 aromatic carbocycles. The van der Waals surface area contributed by atoms with Crippen molar-refractivity contribution in [1.29, 1.82) is 0 Å². The van der Waals surface area contributed by atoms with Gasteiger partial charge >= 0.3 is 5.97 Å². The fourth-order valence-electron chi connectivity index (χ4n) is 1.06. The molecule has 0 amide bonds. The highest BCUT2D eigenvalue weighted by molar-refractivity contribution is 6.65. The molecule has 0 radical (unpaired) electrons. The molecule has 1 heterocycles. The molecule has 1 aliphatic rings. The molecule has 0 aromatic rings. The third-order valence-electron chi connectivity index (χ3n) is 2.23. The molecule has 1 N–H and O–H groups in total. The molecule has 1 rings (SSSR count). The van der Waals surface area contributed by atoms with Crippen LogP contribution in [0, 0.1) is 0 Å². The summed E-state index contributed by atoms with van der Waals surface area (Å²) in [6, 6.07) is 0. The van der Waals surface area contributed by atoms with E-state index < -0.39 is 11.6 Å². The Morgan fingerprint density at radius 3 is 2.79 bits per heavy atom. The minimum Gasteiger partial charge on any atom is -0.464 e. The van der Waals surface area contributed by atoms with E-state index in [-0.39, 0.29) is 0 Å². The van der Waals surface area contributed by atoms with Crippen molar-refractivity contribution < 1.29 is 9.53 Å². The number of hydrazone groups is 1. The Hall–Kier alpha value is -1.39. The van der Waals surface area contributed by atoms with Gasteiger partial charge in [0.25, 0.3) is 0 Å². The van der Waals surface area contributed by atoms with Crippen LogP contribution in [0.25, 0.3) is 0 Å². The van der Waals surface area contributed by atoms with Gasteiger partial charge in [0.05, 0.1) is 12.8 Å². The third kappa shape index (κ3) is 1.92. The average Bonchev–Trinajstić information content (AvgIpc) is 2.21. The van der Waals surface area contributed by atoms with E-state index in [1.165, 1.54) is 7.11 Å². The number of nitrogens with one attached hydrogen (secondary N) is 1. The number of aliphatic imine (C=N–C) groups is 1. The van der Waals surface area contributed by atoms with Gasteiger partial charge in [-0.2, -0.15) is 5.10 Å². The van der Waals surface area contributed by atoms with E-state index in [1.54, 1.807) is 6.92 Å². The van der Waals surface area contributed by atoms with Gasteiger partial charge in [0.15, 0.2) is 5.71 Å². The molecular weight excluding hydrogens is 182 g/mol. The van der Waals surface area contributed by atoms with Crippen LogP contribution in [0.4, 0.5) is 0 Å². The number of methoxy groups -OCH3 is 1. The van der Waals surface area contributed by atoms with Gasteiger partial charge in [-0.05, 0) is 20.3 Å². The molecule has 5 heteroatoms. The highest BCUT2D eigenvalue weighted by Gasteiger charge is 2.28. The summed E-state index contributed by atoms with van der Waals surface area (Å²) in [6.45, 7) is 5.57. The fourth-order valence-corrected chi connectivity index (χ4v) is 1.06. The lowest BCUT2D eigenvalue weighted by atomic mass is 10.1. The van der Waals surface area contributed by atoms with Crippen LogP contribution < -0.4 is 5.43 Å². The lowest BCUT2D eigenvalue weighted by Gasteiger charge is -2.28. The molecule has 0 aromatic heterocycles. The summed E-state index contributed by atoms with van der Waals surface area (Å²) in [5, 5.41) is 4.04. The molecule has 5 nitrogen and oxygen atoms in total. The number of carbonyl (C=O) groups is 1. The summed E-state index contributed by atoms with van der Waals surface area (Å²) in [7, 11) is 1.34. The third-order valence-corrected chi connectivity index (χ3v) is 2.23. The van der Waals surface area contributed by atoms with Crippen LogP contribution in [-0.4, -0.2) is 30.2 Å². The maximum absolute atomic E-state index is 11.3. The largest absolute Gasteiger partial charge is 0.464 e. The van der Waals surface area contributed by atoms with Crippen LogP contribution in [-0.2, 0) is 9.53 Å². The van der Waals surface area contributed by atoms with E-state index in [0.29, 0.717) is 11.4 Å². The Kier molecular flexibility index (Phi) is 2.88. The molecule has 0 spiro atoms. The zero-order valence-electron chi connectivity index (χ0n) is 8.92. The SMILES string of the molecule is CCC1(C)N=C(C(=O)OC)C(C)=NN1. The minimum absolute atomic E-state index is 0.301. The first-order valence-electron chi connectivity index (χ1n) is 4.52. The first-order chi connectivity index (χ1) is 6.52. The van der Waals surface area contributed by atoms with Crippen LogP contribution in [0.2, 0.25) is 0 Å². The maximum atomic E-state index is 11.3. The summed E-state index contributed by atoms with van der Waals surface area (Å²) in [5.74, 6) is -0.438. The van der Waals surface area contributed by atoms with Gasteiger partial charge in [0.2, 0.25) is 0 Å². The summed E-state index contributed by atoms with van der Waals surface area (Å²) in [4.78, 5) is 15.6. The van der Waals surface area contributed by atoms with Crippen molar-refractivity contribution in [3.05, 3.63) is 0 Å². The van der Waals surface area contributed by atoms with Crippen LogP contribution in [0.1, 0.15) is 27.2 Å². The summed E-state index contributed by atoms with van der Waals surface area (Å²) in [5.41, 5.74) is 3.26. The first kappa shape index (κ1) is 10.7. The Morgan fingerprint density at radius 1 is 1.64 bits per heavy atom. The molecule has 1 unspecified atom stereocenters. The topological polar surface area (TPSA) is 63.0 Å². The van der Waals surface area contributed by atoms with Gasteiger partial charge < -0.3 is 4.74 Å². The Balaban J connectivity index is 3.00. The monoisotopic (exact) mass is 197 g/mol. The van der Waals surface area contributed by atoms with Crippen molar-refractivity contribution in [2.24, 2.45) is 10.1 Å². The van der Waals surface area contributed by atoms with Crippen LogP contribution in [0.3, 0.4) is 0 Å². The van der Waals surface area contributed by atoms with Crippen LogP contribution in [0.5, 0.6) is 0 Å². The molecule has 1 atom stereocenters. The summed E-state index contributed by atoms with van der Waals surface area (Å²) < 4.78 is 4.62. The molecule has 78 valence electrons. The Morgan fingerprint density at radius 2 is 2.29 bits per heavy atom. The van der Waals surface area contributed by atoms with Gasteiger partial charge in [-0.15, -0.1) is 0 Å². The number of rotatable bonds is 2. The molecule has 1 aliphatic heterocycles. The van der Waals surface area contributed by atoms with Gasteiger partial charge in [-0.1, -0.05) is 6.92 Å². The second-order valence-electron chi connectivity index (χ2n) is 3.39. The van der Waals surface area contributed by atoms with E-state index in [0.717, 1.165) is 6.42 Å². The zero-order valence-corrected chi connectivity index (χ0v) is 8.92. The van der Waals surface area contributed by atoms with Crippen molar-refractivity contribution in [3.63, 3.8) is 0 Å². The zero-order chi connectivity index (χ0) is 10.8. The number of esters is 1. The van der Waals surface area contributed by atoms with Crippen LogP contribution in [0.15, 0.2) is 10.1 Å². The molecular formula is C9H15N3O2.